The van der Waals surface area contributed by atoms with E-state index in [2.05, 4.69) is 15.6 Å². The first-order valence-electron chi connectivity index (χ1n) is 7.45. The maximum absolute atomic E-state index is 12.3. The van der Waals surface area contributed by atoms with Crippen LogP contribution in [0.4, 0.5) is 5.69 Å². The van der Waals surface area contributed by atoms with Crippen LogP contribution in [-0.2, 0) is 13.1 Å². The van der Waals surface area contributed by atoms with Crippen LogP contribution in [0.5, 0.6) is 0 Å². The molecule has 0 radical (unpaired) electrons. The summed E-state index contributed by atoms with van der Waals surface area (Å²) in [5.74, 6) is 0.604. The van der Waals surface area contributed by atoms with Gasteiger partial charge in [-0.3, -0.25) is 9.78 Å². The predicted octanol–water partition coefficient (Wildman–Crippen LogP) is 3.87. The van der Waals surface area contributed by atoms with Crippen LogP contribution in [-0.4, -0.2) is 10.9 Å². The fraction of sp³-hybridized carbons (Fsp3) is 0.111. The third-order valence-electron chi connectivity index (χ3n) is 3.44. The first-order chi connectivity index (χ1) is 11.7. The molecule has 0 bridgehead atoms. The average Bonchev–Trinajstić information content (AvgIpc) is 3.13. The molecule has 0 spiro atoms. The molecule has 0 atom stereocenters. The summed E-state index contributed by atoms with van der Waals surface area (Å²) in [6, 6.07) is 12.9. The van der Waals surface area contributed by atoms with E-state index in [-0.39, 0.29) is 5.91 Å². The van der Waals surface area contributed by atoms with Crippen molar-refractivity contribution in [2.75, 3.05) is 5.32 Å². The molecule has 2 N–H and O–H groups in total. The Morgan fingerprint density at radius 3 is 2.79 bits per heavy atom. The molecule has 3 rings (SSSR count). The molecule has 122 valence electrons. The lowest BCUT2D eigenvalue weighted by molar-refractivity contribution is 0.0950. The van der Waals surface area contributed by atoms with Gasteiger partial charge in [0.2, 0.25) is 0 Å². The van der Waals surface area contributed by atoms with Crippen LogP contribution in [0.25, 0.3) is 0 Å². The zero-order chi connectivity index (χ0) is 16.8. The Kier molecular flexibility index (Phi) is 5.13. The summed E-state index contributed by atoms with van der Waals surface area (Å²) in [5.41, 5.74) is 2.09. The second-order valence-electron chi connectivity index (χ2n) is 5.17. The van der Waals surface area contributed by atoms with Gasteiger partial charge in [0.05, 0.1) is 24.1 Å². The number of carbonyl (C=O) groups is 1. The fourth-order valence-electron chi connectivity index (χ4n) is 2.18. The van der Waals surface area contributed by atoms with Crippen molar-refractivity contribution in [2.45, 2.75) is 13.1 Å². The zero-order valence-corrected chi connectivity index (χ0v) is 13.6. The zero-order valence-electron chi connectivity index (χ0n) is 12.8. The summed E-state index contributed by atoms with van der Waals surface area (Å²) < 4.78 is 5.26. The monoisotopic (exact) mass is 341 g/mol. The molecular weight excluding hydrogens is 326 g/mol. The number of amides is 1. The number of hydrogen-bond donors (Lipinski definition) is 2. The molecule has 0 aliphatic heterocycles. The topological polar surface area (TPSA) is 67.2 Å². The van der Waals surface area contributed by atoms with Gasteiger partial charge in [-0.1, -0.05) is 29.8 Å². The number of aromatic nitrogens is 1. The minimum absolute atomic E-state index is 0.205. The third-order valence-corrected chi connectivity index (χ3v) is 3.81. The van der Waals surface area contributed by atoms with Crippen LogP contribution in [0, 0.1) is 0 Å². The maximum atomic E-state index is 12.3. The van der Waals surface area contributed by atoms with E-state index in [0.717, 1.165) is 17.0 Å². The van der Waals surface area contributed by atoms with Crippen LogP contribution < -0.4 is 10.6 Å². The lowest BCUT2D eigenvalue weighted by atomic mass is 10.2. The molecule has 2 heterocycles. The Morgan fingerprint density at radius 2 is 2.00 bits per heavy atom. The molecule has 1 aromatic carbocycles. The van der Waals surface area contributed by atoms with Crippen molar-refractivity contribution >= 4 is 23.2 Å². The van der Waals surface area contributed by atoms with Crippen molar-refractivity contribution in [3.8, 4) is 0 Å². The largest absolute Gasteiger partial charge is 0.467 e. The van der Waals surface area contributed by atoms with E-state index in [0.29, 0.717) is 23.7 Å². The van der Waals surface area contributed by atoms with Gasteiger partial charge in [-0.15, -0.1) is 0 Å². The Hall–Kier alpha value is -2.79. The molecule has 6 heteroatoms. The highest BCUT2D eigenvalue weighted by Gasteiger charge is 2.08. The van der Waals surface area contributed by atoms with Gasteiger partial charge in [-0.25, -0.2) is 0 Å². The lowest BCUT2D eigenvalue weighted by Gasteiger charge is -2.09. The first kappa shape index (κ1) is 16.1. The summed E-state index contributed by atoms with van der Waals surface area (Å²) in [6.45, 7) is 0.891. The second kappa shape index (κ2) is 7.66. The molecular formula is C18H16ClN3O2. The normalized spacial score (nSPS) is 10.4. The molecule has 3 aromatic rings. The van der Waals surface area contributed by atoms with E-state index in [1.807, 2.05) is 30.3 Å². The Balaban J connectivity index is 1.60. The Labute approximate surface area is 144 Å². The highest BCUT2D eigenvalue weighted by molar-refractivity contribution is 6.31. The predicted molar refractivity (Wildman–Crippen MR) is 92.9 cm³/mol. The average molecular weight is 342 g/mol. The standard InChI is InChI=1S/C18H16ClN3O2/c19-17-6-2-1-4-13(17)10-22-18(23)14-8-15(11-20-9-14)21-12-16-5-3-7-24-16/h1-9,11,21H,10,12H2,(H,22,23). The number of halogens is 1. The van der Waals surface area contributed by atoms with E-state index < -0.39 is 0 Å². The summed E-state index contributed by atoms with van der Waals surface area (Å²) in [5, 5.41) is 6.64. The van der Waals surface area contributed by atoms with Gasteiger partial charge in [0.25, 0.3) is 5.91 Å². The SMILES string of the molecule is O=C(NCc1ccccc1Cl)c1cncc(NCc2ccco2)c1. The van der Waals surface area contributed by atoms with Gasteiger partial charge in [-0.2, -0.15) is 0 Å². The number of carbonyl (C=O) groups excluding carboxylic acids is 1. The van der Waals surface area contributed by atoms with Crippen LogP contribution in [0.15, 0.2) is 65.5 Å². The number of nitrogens with zero attached hydrogens (tertiary/aromatic N) is 1. The summed E-state index contributed by atoms with van der Waals surface area (Å²) in [7, 11) is 0. The molecule has 0 unspecified atom stereocenters. The molecule has 0 aliphatic rings. The first-order valence-corrected chi connectivity index (χ1v) is 7.83. The number of nitrogens with one attached hydrogen (secondary N) is 2. The van der Waals surface area contributed by atoms with Crippen molar-refractivity contribution in [1.82, 2.24) is 10.3 Å². The molecule has 24 heavy (non-hydrogen) atoms. The summed E-state index contributed by atoms with van der Waals surface area (Å²) in [4.78, 5) is 16.4. The molecule has 0 fully saturated rings. The number of rotatable bonds is 6. The minimum atomic E-state index is -0.205. The maximum Gasteiger partial charge on any atom is 0.253 e. The van der Waals surface area contributed by atoms with Crippen molar-refractivity contribution in [2.24, 2.45) is 0 Å². The second-order valence-corrected chi connectivity index (χ2v) is 5.58. The number of hydrogen-bond acceptors (Lipinski definition) is 4. The van der Waals surface area contributed by atoms with Gasteiger partial charge in [0.15, 0.2) is 0 Å². The van der Waals surface area contributed by atoms with Gasteiger partial charge >= 0.3 is 0 Å². The number of furan rings is 1. The number of pyridine rings is 1. The highest BCUT2D eigenvalue weighted by Crippen LogP contribution is 2.15. The van der Waals surface area contributed by atoms with E-state index in [9.17, 15) is 4.79 Å². The van der Waals surface area contributed by atoms with E-state index >= 15 is 0 Å². The lowest BCUT2D eigenvalue weighted by Crippen LogP contribution is -2.23. The van der Waals surface area contributed by atoms with Crippen LogP contribution in [0.3, 0.4) is 0 Å². The van der Waals surface area contributed by atoms with Crippen molar-refractivity contribution in [1.29, 1.82) is 0 Å². The van der Waals surface area contributed by atoms with Gasteiger partial charge in [0.1, 0.15) is 5.76 Å². The molecule has 0 saturated carbocycles. The Morgan fingerprint density at radius 1 is 1.12 bits per heavy atom. The fourth-order valence-corrected chi connectivity index (χ4v) is 2.39. The van der Waals surface area contributed by atoms with Crippen LogP contribution in [0.2, 0.25) is 5.02 Å². The molecule has 0 aliphatic carbocycles. The molecule has 2 aromatic heterocycles. The third kappa shape index (κ3) is 4.14. The van der Waals surface area contributed by atoms with E-state index in [1.165, 1.54) is 6.20 Å². The number of anilines is 1. The minimum Gasteiger partial charge on any atom is -0.467 e. The van der Waals surface area contributed by atoms with Crippen molar-refractivity contribution < 1.29 is 9.21 Å². The Bertz CT molecular complexity index is 819. The highest BCUT2D eigenvalue weighted by atomic mass is 35.5. The summed E-state index contributed by atoms with van der Waals surface area (Å²) in [6.07, 6.45) is 4.81. The molecule has 0 saturated heterocycles. The summed E-state index contributed by atoms with van der Waals surface area (Å²) >= 11 is 6.09. The van der Waals surface area contributed by atoms with Gasteiger partial charge < -0.3 is 15.1 Å². The van der Waals surface area contributed by atoms with Gasteiger partial charge in [0, 0.05) is 24.0 Å². The van der Waals surface area contributed by atoms with E-state index in [4.69, 9.17) is 16.0 Å². The molecule has 5 nitrogen and oxygen atoms in total. The van der Waals surface area contributed by atoms with Crippen LogP contribution in [0.1, 0.15) is 21.7 Å². The molecule has 1 amide bonds. The van der Waals surface area contributed by atoms with Crippen molar-refractivity contribution in [3.05, 3.63) is 83.0 Å². The quantitative estimate of drug-likeness (QED) is 0.714. The smallest absolute Gasteiger partial charge is 0.253 e. The van der Waals surface area contributed by atoms with E-state index in [1.54, 1.807) is 24.6 Å². The van der Waals surface area contributed by atoms with Crippen LogP contribution >= 0.6 is 11.6 Å². The van der Waals surface area contributed by atoms with Crippen molar-refractivity contribution in [3.63, 3.8) is 0 Å². The number of benzene rings is 1. The van der Waals surface area contributed by atoms with Gasteiger partial charge in [-0.05, 0) is 29.8 Å².